The van der Waals surface area contributed by atoms with Crippen LogP contribution >= 0.6 is 11.3 Å². The van der Waals surface area contributed by atoms with Crippen molar-refractivity contribution in [1.29, 1.82) is 0 Å². The van der Waals surface area contributed by atoms with Crippen LogP contribution in [0.15, 0.2) is 297 Å². The van der Waals surface area contributed by atoms with E-state index in [1.807, 2.05) is 11.3 Å². The average molecular weight is 1090 g/mol. The largest absolute Gasteiger partial charge is 0.311 e. The van der Waals surface area contributed by atoms with E-state index in [1.165, 1.54) is 108 Å². The number of para-hydroxylation sites is 4. The Morgan fingerprint density at radius 2 is 0.607 bits per heavy atom. The molecule has 0 amide bonds. The lowest BCUT2D eigenvalue weighted by atomic mass is 9.33. The summed E-state index contributed by atoms with van der Waals surface area (Å²) in [6, 6.07) is 111. The van der Waals surface area contributed by atoms with Gasteiger partial charge in [0, 0.05) is 87.2 Å². The number of nitrogens with zero attached hydrogens (tertiary/aromatic N) is 4. The highest BCUT2D eigenvalue weighted by molar-refractivity contribution is 7.25. The van der Waals surface area contributed by atoms with Crippen molar-refractivity contribution in [2.45, 2.75) is 0 Å². The van der Waals surface area contributed by atoms with Crippen molar-refractivity contribution in [3.8, 4) is 44.8 Å². The van der Waals surface area contributed by atoms with E-state index < -0.39 is 0 Å². The molecule has 0 saturated carbocycles. The Bertz CT molecular complexity index is 4950. The second-order valence-electron chi connectivity index (χ2n) is 22.4. The zero-order chi connectivity index (χ0) is 55.0. The van der Waals surface area contributed by atoms with E-state index >= 15 is 0 Å². The van der Waals surface area contributed by atoms with Crippen LogP contribution in [-0.2, 0) is 0 Å². The van der Waals surface area contributed by atoms with E-state index in [0.717, 1.165) is 51.1 Å². The third-order valence-electron chi connectivity index (χ3n) is 17.9. The van der Waals surface area contributed by atoms with Gasteiger partial charge >= 0.3 is 0 Å². The van der Waals surface area contributed by atoms with Gasteiger partial charge in [-0.25, -0.2) is 0 Å². The molecule has 0 unspecified atom stereocenters. The van der Waals surface area contributed by atoms with E-state index in [1.54, 1.807) is 0 Å². The van der Waals surface area contributed by atoms with Gasteiger partial charge in [-0.05, 0) is 153 Å². The first-order chi connectivity index (χ1) is 41.7. The van der Waals surface area contributed by atoms with Crippen molar-refractivity contribution in [1.82, 2.24) is 9.13 Å². The lowest BCUT2D eigenvalue weighted by molar-refractivity contribution is 1.17. The molecule has 6 heteroatoms. The fourth-order valence-corrected chi connectivity index (χ4v) is 15.2. The smallest absolute Gasteiger partial charge is 0.252 e. The van der Waals surface area contributed by atoms with Gasteiger partial charge in [0.25, 0.3) is 6.71 Å². The molecule has 0 saturated heterocycles. The third kappa shape index (κ3) is 7.08. The van der Waals surface area contributed by atoms with Crippen molar-refractivity contribution < 1.29 is 0 Å². The predicted octanol–water partition coefficient (Wildman–Crippen LogP) is 19.3. The molecule has 0 aliphatic carbocycles. The van der Waals surface area contributed by atoms with Gasteiger partial charge in [-0.2, -0.15) is 0 Å². The monoisotopic (exact) mass is 1080 g/mol. The van der Waals surface area contributed by atoms with Gasteiger partial charge in [-0.1, -0.05) is 194 Å². The minimum atomic E-state index is -0.128. The molecule has 390 valence electrons. The highest BCUT2D eigenvalue weighted by Gasteiger charge is 2.44. The van der Waals surface area contributed by atoms with Crippen molar-refractivity contribution in [3.05, 3.63) is 297 Å². The summed E-state index contributed by atoms with van der Waals surface area (Å²) in [5, 5.41) is 7.54. The van der Waals surface area contributed by atoms with E-state index in [0.29, 0.717) is 0 Å². The fraction of sp³-hybridized carbons (Fsp3) is 0. The van der Waals surface area contributed by atoms with Crippen LogP contribution in [0.25, 0.3) is 109 Å². The topological polar surface area (TPSA) is 16.3 Å². The molecular weight excluding hydrogens is 1040 g/mol. The molecule has 0 radical (unpaired) electrons. The maximum absolute atomic E-state index is 2.58. The van der Waals surface area contributed by atoms with Gasteiger partial charge in [0.05, 0.1) is 22.1 Å². The lowest BCUT2D eigenvalue weighted by Crippen LogP contribution is -2.61. The second-order valence-corrected chi connectivity index (χ2v) is 23.5. The number of thiophene rings is 1. The Hall–Kier alpha value is -10.7. The molecular formula is C78H49BN4S. The van der Waals surface area contributed by atoms with Crippen LogP contribution in [0.3, 0.4) is 0 Å². The standard InChI is InChI=1S/C78H49BN4S/c1-3-17-50(18-4-1)52-31-36-56(37-32-52)80-72-48-58(82-68-26-12-7-21-60(68)61-22-8-13-27-69(61)82)40-42-66(72)79-67-43-41-59(83-70-28-14-9-23-62(70)63-24-10-15-29-71(63)83)49-73(67)81(57-38-33-53(34-39-57)51-19-5-2-6-20-51)75-47-55(46-74(80)78(75)79)54-35-44-77-65(45-54)64-25-11-16-30-76(64)84-77/h1-49H. The molecule has 0 fully saturated rings. The van der Waals surface area contributed by atoms with E-state index in [2.05, 4.69) is 316 Å². The SMILES string of the molecule is c1ccc(-c2ccc(N3c4cc(-n5c6ccccc6c6ccccc65)ccc4B4c5ccc(-n6c7ccccc7c7ccccc76)cc5N(c5ccc(-c6ccccc6)cc5)c5cc(-c6ccc7sc8ccccc8c7c6)cc3c54)cc2)cc1. The molecule has 0 bridgehead atoms. The number of hydrogen-bond donors (Lipinski definition) is 0. The van der Waals surface area contributed by atoms with Crippen LogP contribution in [0.2, 0.25) is 0 Å². The van der Waals surface area contributed by atoms with Gasteiger partial charge in [0.2, 0.25) is 0 Å². The molecule has 4 nitrogen and oxygen atoms in total. The molecule has 5 heterocycles. The second kappa shape index (κ2) is 18.4. The van der Waals surface area contributed by atoms with Crippen molar-refractivity contribution in [3.63, 3.8) is 0 Å². The molecule has 0 atom stereocenters. The number of anilines is 6. The van der Waals surface area contributed by atoms with Crippen molar-refractivity contribution >= 4 is 132 Å². The summed E-state index contributed by atoms with van der Waals surface area (Å²) in [6.07, 6.45) is 0. The quantitative estimate of drug-likeness (QED) is 0.148. The number of aromatic nitrogens is 2. The summed E-state index contributed by atoms with van der Waals surface area (Å²) in [5.41, 5.74) is 24.6. The van der Waals surface area contributed by atoms with E-state index in [4.69, 9.17) is 0 Å². The first-order valence-electron chi connectivity index (χ1n) is 28.9. The van der Waals surface area contributed by atoms with Crippen LogP contribution in [0, 0.1) is 0 Å². The molecule has 13 aromatic carbocycles. The molecule has 3 aromatic heterocycles. The van der Waals surface area contributed by atoms with Crippen molar-refractivity contribution in [2.75, 3.05) is 9.80 Å². The van der Waals surface area contributed by atoms with Crippen LogP contribution < -0.4 is 26.2 Å². The zero-order valence-corrected chi connectivity index (χ0v) is 46.4. The molecule has 2 aliphatic heterocycles. The minimum Gasteiger partial charge on any atom is -0.311 e. The van der Waals surface area contributed by atoms with E-state index in [-0.39, 0.29) is 6.71 Å². The van der Waals surface area contributed by atoms with Gasteiger partial charge < -0.3 is 18.9 Å². The van der Waals surface area contributed by atoms with Gasteiger partial charge in [0.15, 0.2) is 0 Å². The molecule has 18 rings (SSSR count). The van der Waals surface area contributed by atoms with Gasteiger partial charge in [-0.15, -0.1) is 11.3 Å². The van der Waals surface area contributed by atoms with Crippen LogP contribution in [0.5, 0.6) is 0 Å². The Kier molecular flexibility index (Phi) is 10.3. The maximum Gasteiger partial charge on any atom is 0.252 e. The third-order valence-corrected chi connectivity index (χ3v) is 19.0. The fourth-order valence-electron chi connectivity index (χ4n) is 14.1. The molecule has 2 aliphatic rings. The summed E-state index contributed by atoms with van der Waals surface area (Å²) >= 11 is 1.87. The average Bonchev–Trinajstić information content (AvgIpc) is 1.39. The van der Waals surface area contributed by atoms with Gasteiger partial charge in [0.1, 0.15) is 0 Å². The Balaban J connectivity index is 0.946. The minimum absolute atomic E-state index is 0.128. The summed E-state index contributed by atoms with van der Waals surface area (Å²) in [6.45, 7) is -0.128. The maximum atomic E-state index is 2.58. The normalized spacial score (nSPS) is 12.7. The van der Waals surface area contributed by atoms with Crippen LogP contribution in [0.4, 0.5) is 34.1 Å². The number of fused-ring (bicyclic) bond motifs is 13. The van der Waals surface area contributed by atoms with E-state index in [9.17, 15) is 0 Å². The Labute approximate surface area is 490 Å². The Morgan fingerprint density at radius 1 is 0.238 bits per heavy atom. The summed E-state index contributed by atoms with van der Waals surface area (Å²) in [5.74, 6) is 0. The number of benzene rings is 13. The number of rotatable bonds is 7. The molecule has 0 N–H and O–H groups in total. The first-order valence-corrected chi connectivity index (χ1v) is 29.7. The van der Waals surface area contributed by atoms with Crippen molar-refractivity contribution in [2.24, 2.45) is 0 Å². The van der Waals surface area contributed by atoms with Crippen LogP contribution in [0.1, 0.15) is 0 Å². The summed E-state index contributed by atoms with van der Waals surface area (Å²) in [4.78, 5) is 5.15. The predicted molar refractivity (Wildman–Crippen MR) is 358 cm³/mol. The lowest BCUT2D eigenvalue weighted by Gasteiger charge is -2.44. The Morgan fingerprint density at radius 3 is 1.07 bits per heavy atom. The molecule has 16 aromatic rings. The molecule has 0 spiro atoms. The first kappa shape index (κ1) is 47.0. The molecule has 84 heavy (non-hydrogen) atoms. The zero-order valence-electron chi connectivity index (χ0n) is 45.6. The highest BCUT2D eigenvalue weighted by Crippen LogP contribution is 2.49. The summed E-state index contributed by atoms with van der Waals surface area (Å²) < 4.78 is 7.52. The van der Waals surface area contributed by atoms with Gasteiger partial charge in [-0.3, -0.25) is 0 Å². The highest BCUT2D eigenvalue weighted by atomic mass is 32.1. The summed E-state index contributed by atoms with van der Waals surface area (Å²) in [7, 11) is 0. The number of hydrogen-bond acceptors (Lipinski definition) is 3. The van der Waals surface area contributed by atoms with Crippen LogP contribution in [-0.4, -0.2) is 15.8 Å².